The number of nitrogens with zero attached hydrogens (tertiary/aromatic N) is 2. The lowest BCUT2D eigenvalue weighted by Crippen LogP contribution is -2.14. The van der Waals surface area contributed by atoms with Gasteiger partial charge >= 0.3 is 6.18 Å². The summed E-state index contributed by atoms with van der Waals surface area (Å²) in [6.07, 6.45) is -4.20. The molecule has 0 aliphatic heterocycles. The number of nitrogens with two attached hydrogens (primary N) is 1. The molecule has 0 atom stereocenters. The van der Waals surface area contributed by atoms with Crippen molar-refractivity contribution < 1.29 is 18.1 Å². The number of rotatable bonds is 1. The van der Waals surface area contributed by atoms with Crippen molar-refractivity contribution in [1.82, 2.24) is 4.98 Å². The first-order valence-corrected chi connectivity index (χ1v) is 7.22. The monoisotopic (exact) mass is 349 g/mol. The predicted molar refractivity (Wildman–Crippen MR) is 76.0 cm³/mol. The molecule has 2 aromatic rings. The highest BCUT2D eigenvalue weighted by Gasteiger charge is 2.43. The minimum atomic E-state index is -4.91. The number of nitro groups is 1. The zero-order valence-corrected chi connectivity index (χ0v) is 12.3. The molecule has 10 heteroatoms. The molecule has 1 aromatic heterocycles. The molecule has 0 saturated heterocycles. The van der Waals surface area contributed by atoms with Gasteiger partial charge < -0.3 is 5.73 Å². The Hall–Kier alpha value is -1.87. The van der Waals surface area contributed by atoms with Crippen LogP contribution in [0.2, 0.25) is 5.02 Å². The minimum absolute atomic E-state index is 0.220. The number of aromatic nitrogens is 1. The zero-order chi connectivity index (χ0) is 16.2. The summed E-state index contributed by atoms with van der Waals surface area (Å²) in [5.74, 6) is 0. The van der Waals surface area contributed by atoms with Gasteiger partial charge in [-0.2, -0.15) is 13.2 Å². The van der Waals surface area contributed by atoms with Gasteiger partial charge in [-0.1, -0.05) is 11.6 Å². The van der Waals surface area contributed by atoms with Crippen molar-refractivity contribution in [2.45, 2.75) is 19.0 Å². The standard InChI is InChI=1S/C12H7ClF3N3O2S/c13-9-4-1-2-7-10(18-11(17)22-7)5(4)3-6(19(20)21)8(9)12(14,15)16/h3H,1-2H2,(H2,17,18). The summed E-state index contributed by atoms with van der Waals surface area (Å²) in [4.78, 5) is 14.8. The number of alkyl halides is 3. The average Bonchev–Trinajstić information content (AvgIpc) is 2.77. The zero-order valence-electron chi connectivity index (χ0n) is 10.7. The van der Waals surface area contributed by atoms with Gasteiger partial charge in [-0.3, -0.25) is 10.1 Å². The lowest BCUT2D eigenvalue weighted by Gasteiger charge is -2.19. The van der Waals surface area contributed by atoms with Gasteiger partial charge in [0.15, 0.2) is 10.7 Å². The Balaban J connectivity index is 2.36. The molecule has 0 saturated carbocycles. The molecule has 2 N–H and O–H groups in total. The second-order valence-corrected chi connectivity index (χ2v) is 6.18. The molecule has 116 valence electrons. The Bertz CT molecular complexity index is 804. The van der Waals surface area contributed by atoms with E-state index in [4.69, 9.17) is 17.3 Å². The summed E-state index contributed by atoms with van der Waals surface area (Å²) in [6.45, 7) is 0. The molecule has 1 aliphatic carbocycles. The van der Waals surface area contributed by atoms with E-state index in [0.717, 1.165) is 10.9 Å². The number of nitrogen functional groups attached to an aromatic ring is 1. The molecule has 3 rings (SSSR count). The third-order valence-corrected chi connectivity index (χ3v) is 4.76. The number of aryl methyl sites for hydroxylation is 1. The third kappa shape index (κ3) is 2.20. The molecule has 0 fully saturated rings. The van der Waals surface area contributed by atoms with E-state index in [-0.39, 0.29) is 22.7 Å². The molecular weight excluding hydrogens is 343 g/mol. The van der Waals surface area contributed by atoms with Crippen LogP contribution in [0.4, 0.5) is 24.0 Å². The fourth-order valence-corrected chi connectivity index (χ4v) is 3.78. The molecule has 1 aliphatic rings. The Morgan fingerprint density at radius 1 is 1.41 bits per heavy atom. The summed E-state index contributed by atoms with van der Waals surface area (Å²) in [5, 5.41) is 10.7. The predicted octanol–water partition coefficient (Wildman–Crippen LogP) is 4.07. The second kappa shape index (κ2) is 4.82. The summed E-state index contributed by atoms with van der Waals surface area (Å²) in [7, 11) is 0. The van der Waals surface area contributed by atoms with Gasteiger partial charge in [-0.15, -0.1) is 11.3 Å². The quantitative estimate of drug-likeness (QED) is 0.621. The number of nitro benzene ring substituents is 1. The van der Waals surface area contributed by atoms with E-state index in [1.54, 1.807) is 0 Å². The highest BCUT2D eigenvalue weighted by molar-refractivity contribution is 7.15. The Morgan fingerprint density at radius 2 is 2.09 bits per heavy atom. The van der Waals surface area contributed by atoms with E-state index in [1.165, 1.54) is 11.3 Å². The molecular formula is C12H7ClF3N3O2S. The first-order chi connectivity index (χ1) is 10.2. The second-order valence-electron chi connectivity index (χ2n) is 4.69. The van der Waals surface area contributed by atoms with Gasteiger partial charge in [0.2, 0.25) is 0 Å². The summed E-state index contributed by atoms with van der Waals surface area (Å²) < 4.78 is 39.4. The number of benzene rings is 1. The van der Waals surface area contributed by atoms with E-state index in [0.29, 0.717) is 12.1 Å². The van der Waals surface area contributed by atoms with Gasteiger partial charge in [-0.25, -0.2) is 4.98 Å². The number of fused-ring (bicyclic) bond motifs is 3. The molecule has 5 nitrogen and oxygen atoms in total. The van der Waals surface area contributed by atoms with Crippen LogP contribution in [0.5, 0.6) is 0 Å². The molecule has 1 aromatic carbocycles. The van der Waals surface area contributed by atoms with Crippen molar-refractivity contribution in [3.05, 3.63) is 37.2 Å². The first-order valence-electron chi connectivity index (χ1n) is 6.02. The fraction of sp³-hybridized carbons (Fsp3) is 0.250. The van der Waals surface area contributed by atoms with E-state index in [9.17, 15) is 23.3 Å². The van der Waals surface area contributed by atoms with Crippen molar-refractivity contribution in [3.8, 4) is 11.3 Å². The van der Waals surface area contributed by atoms with Crippen LogP contribution in [0.1, 0.15) is 16.0 Å². The van der Waals surface area contributed by atoms with Crippen LogP contribution in [0.3, 0.4) is 0 Å². The summed E-state index contributed by atoms with van der Waals surface area (Å²) >= 11 is 7.07. The SMILES string of the molecule is Nc1nc2c(s1)CCc1c-2cc([N+](=O)[O-])c(C(F)(F)F)c1Cl. The first kappa shape index (κ1) is 15.0. The molecule has 0 amide bonds. The Labute approximate surface area is 130 Å². The van der Waals surface area contributed by atoms with Crippen molar-refractivity contribution >= 4 is 33.8 Å². The lowest BCUT2D eigenvalue weighted by molar-refractivity contribution is -0.388. The highest BCUT2D eigenvalue weighted by atomic mass is 35.5. The third-order valence-electron chi connectivity index (χ3n) is 3.40. The normalized spacial score (nSPS) is 13.6. The van der Waals surface area contributed by atoms with Crippen LogP contribution in [-0.4, -0.2) is 9.91 Å². The van der Waals surface area contributed by atoms with Crippen LogP contribution in [0.25, 0.3) is 11.3 Å². The number of hydrogen-bond acceptors (Lipinski definition) is 5. The van der Waals surface area contributed by atoms with Crippen molar-refractivity contribution in [2.24, 2.45) is 0 Å². The van der Waals surface area contributed by atoms with Crippen LogP contribution in [0, 0.1) is 10.1 Å². The van der Waals surface area contributed by atoms with Gasteiger partial charge in [0.1, 0.15) is 0 Å². The van der Waals surface area contributed by atoms with Gasteiger partial charge in [0, 0.05) is 16.5 Å². The molecule has 1 heterocycles. The molecule has 0 bridgehead atoms. The fourth-order valence-electron chi connectivity index (χ4n) is 2.54. The average molecular weight is 350 g/mol. The van der Waals surface area contributed by atoms with Gasteiger partial charge in [0.25, 0.3) is 5.69 Å². The number of halogens is 4. The summed E-state index contributed by atoms with van der Waals surface area (Å²) in [5.41, 5.74) is 3.97. The molecule has 0 radical (unpaired) electrons. The molecule has 22 heavy (non-hydrogen) atoms. The Morgan fingerprint density at radius 3 is 2.68 bits per heavy atom. The topological polar surface area (TPSA) is 82.0 Å². The van der Waals surface area contributed by atoms with Crippen molar-refractivity contribution in [3.63, 3.8) is 0 Å². The lowest BCUT2D eigenvalue weighted by atomic mass is 9.90. The van der Waals surface area contributed by atoms with Crippen molar-refractivity contribution in [2.75, 3.05) is 5.73 Å². The highest BCUT2D eigenvalue weighted by Crippen LogP contribution is 2.48. The van der Waals surface area contributed by atoms with E-state index in [1.807, 2.05) is 0 Å². The van der Waals surface area contributed by atoms with Gasteiger partial charge in [0.05, 0.1) is 15.6 Å². The van der Waals surface area contributed by atoms with E-state index < -0.39 is 27.4 Å². The number of thiazole rings is 1. The van der Waals surface area contributed by atoms with Crippen LogP contribution in [0.15, 0.2) is 6.07 Å². The largest absolute Gasteiger partial charge is 0.424 e. The van der Waals surface area contributed by atoms with Crippen LogP contribution >= 0.6 is 22.9 Å². The summed E-state index contributed by atoms with van der Waals surface area (Å²) in [6, 6.07) is 0.890. The molecule has 0 unspecified atom stereocenters. The molecule has 0 spiro atoms. The van der Waals surface area contributed by atoms with Gasteiger partial charge in [-0.05, 0) is 18.4 Å². The Kier molecular flexibility index (Phi) is 3.29. The maximum absolute atomic E-state index is 13.1. The van der Waals surface area contributed by atoms with Crippen LogP contribution < -0.4 is 5.73 Å². The van der Waals surface area contributed by atoms with Crippen molar-refractivity contribution in [1.29, 1.82) is 0 Å². The smallest absolute Gasteiger partial charge is 0.375 e. The number of hydrogen-bond donors (Lipinski definition) is 1. The van der Waals surface area contributed by atoms with Crippen LogP contribution in [-0.2, 0) is 19.0 Å². The van der Waals surface area contributed by atoms with E-state index >= 15 is 0 Å². The maximum atomic E-state index is 13.1. The maximum Gasteiger partial charge on any atom is 0.424 e. The minimum Gasteiger partial charge on any atom is -0.375 e. The van der Waals surface area contributed by atoms with E-state index in [2.05, 4.69) is 4.98 Å². The number of anilines is 1.